The predicted octanol–water partition coefficient (Wildman–Crippen LogP) is 1.73. The summed E-state index contributed by atoms with van der Waals surface area (Å²) in [5.74, 6) is -0.0168. The molecule has 1 aliphatic rings. The molecule has 1 saturated heterocycles. The molecule has 1 aromatic rings. The Kier molecular flexibility index (Phi) is 5.71. The van der Waals surface area contributed by atoms with E-state index in [9.17, 15) is 13.2 Å². The van der Waals surface area contributed by atoms with E-state index in [4.69, 9.17) is 23.2 Å². The van der Waals surface area contributed by atoms with Gasteiger partial charge in [0.05, 0.1) is 28.1 Å². The fourth-order valence-electron chi connectivity index (χ4n) is 2.44. The summed E-state index contributed by atoms with van der Waals surface area (Å²) in [6.07, 6.45) is 0.484. The van der Waals surface area contributed by atoms with Gasteiger partial charge in [0.25, 0.3) is 0 Å². The van der Waals surface area contributed by atoms with E-state index >= 15 is 0 Å². The number of benzene rings is 1. The van der Waals surface area contributed by atoms with Gasteiger partial charge in [0, 0.05) is 12.6 Å². The first-order valence-corrected chi connectivity index (χ1v) is 9.46. The van der Waals surface area contributed by atoms with E-state index < -0.39 is 9.84 Å². The molecule has 8 heteroatoms. The Morgan fingerprint density at radius 2 is 2.14 bits per heavy atom. The third-order valence-corrected chi connectivity index (χ3v) is 6.11. The van der Waals surface area contributed by atoms with Gasteiger partial charge < -0.3 is 5.32 Å². The van der Waals surface area contributed by atoms with Crippen molar-refractivity contribution in [3.8, 4) is 0 Å². The molecule has 0 saturated carbocycles. The fourth-order valence-corrected chi connectivity index (χ4v) is 4.50. The Morgan fingerprint density at radius 1 is 1.41 bits per heavy atom. The zero-order chi connectivity index (χ0) is 16.3. The summed E-state index contributed by atoms with van der Waals surface area (Å²) < 4.78 is 22.7. The van der Waals surface area contributed by atoms with Crippen LogP contribution in [0.5, 0.6) is 0 Å². The number of amides is 1. The molecule has 0 radical (unpaired) electrons. The van der Waals surface area contributed by atoms with Crippen LogP contribution in [-0.2, 0) is 21.2 Å². The lowest BCUT2D eigenvalue weighted by molar-refractivity contribution is -0.122. The van der Waals surface area contributed by atoms with E-state index in [1.54, 1.807) is 24.1 Å². The number of carbonyl (C=O) groups excluding carboxylic acids is 1. The van der Waals surface area contributed by atoms with E-state index in [1.807, 2.05) is 6.07 Å². The summed E-state index contributed by atoms with van der Waals surface area (Å²) in [5.41, 5.74) is 0.841. The zero-order valence-electron chi connectivity index (χ0n) is 12.2. The highest BCUT2D eigenvalue weighted by atomic mass is 35.5. The van der Waals surface area contributed by atoms with Gasteiger partial charge in [-0.15, -0.1) is 0 Å². The van der Waals surface area contributed by atoms with Crippen LogP contribution >= 0.6 is 23.2 Å². The SMILES string of the molecule is CN(CC(=O)N[C@@H]1CCS(=O)(=O)C1)Cc1cccc(Cl)c1Cl. The van der Waals surface area contributed by atoms with Crippen molar-refractivity contribution in [2.24, 2.45) is 0 Å². The molecule has 1 heterocycles. The molecule has 0 aromatic heterocycles. The molecule has 122 valence electrons. The fraction of sp³-hybridized carbons (Fsp3) is 0.500. The predicted molar refractivity (Wildman–Crippen MR) is 88.0 cm³/mol. The summed E-state index contributed by atoms with van der Waals surface area (Å²) >= 11 is 12.1. The van der Waals surface area contributed by atoms with Gasteiger partial charge in [0.15, 0.2) is 9.84 Å². The molecule has 0 unspecified atom stereocenters. The van der Waals surface area contributed by atoms with Crippen molar-refractivity contribution < 1.29 is 13.2 Å². The number of hydrogen-bond donors (Lipinski definition) is 1. The lowest BCUT2D eigenvalue weighted by atomic mass is 10.2. The van der Waals surface area contributed by atoms with E-state index in [0.29, 0.717) is 23.0 Å². The van der Waals surface area contributed by atoms with Gasteiger partial charge in [-0.25, -0.2) is 8.42 Å². The highest BCUT2D eigenvalue weighted by molar-refractivity contribution is 7.91. The number of halogens is 2. The molecule has 1 fully saturated rings. The number of hydrogen-bond acceptors (Lipinski definition) is 4. The van der Waals surface area contributed by atoms with Crippen LogP contribution in [-0.4, -0.2) is 50.4 Å². The topological polar surface area (TPSA) is 66.5 Å². The normalized spacial score (nSPS) is 20.3. The molecule has 0 aliphatic carbocycles. The smallest absolute Gasteiger partial charge is 0.234 e. The van der Waals surface area contributed by atoms with E-state index in [1.165, 1.54) is 0 Å². The molecule has 1 amide bonds. The Morgan fingerprint density at radius 3 is 2.77 bits per heavy atom. The van der Waals surface area contributed by atoms with Gasteiger partial charge in [-0.3, -0.25) is 9.69 Å². The Bertz CT molecular complexity index is 664. The number of nitrogens with zero attached hydrogens (tertiary/aromatic N) is 1. The molecule has 1 N–H and O–H groups in total. The van der Waals surface area contributed by atoms with Crippen molar-refractivity contribution in [1.82, 2.24) is 10.2 Å². The van der Waals surface area contributed by atoms with Crippen LogP contribution in [0, 0.1) is 0 Å². The lowest BCUT2D eigenvalue weighted by Crippen LogP contribution is -2.41. The largest absolute Gasteiger partial charge is 0.351 e. The molecular weight excluding hydrogens is 347 g/mol. The summed E-state index contributed by atoms with van der Waals surface area (Å²) in [4.78, 5) is 13.8. The van der Waals surface area contributed by atoms with Crippen LogP contribution in [0.15, 0.2) is 18.2 Å². The highest BCUT2D eigenvalue weighted by Crippen LogP contribution is 2.26. The van der Waals surface area contributed by atoms with Gasteiger partial charge >= 0.3 is 0 Å². The second-order valence-electron chi connectivity index (χ2n) is 5.55. The number of carbonyl (C=O) groups is 1. The summed E-state index contributed by atoms with van der Waals surface area (Å²) in [6, 6.07) is 5.09. The number of nitrogens with one attached hydrogen (secondary N) is 1. The van der Waals surface area contributed by atoms with Crippen molar-refractivity contribution in [3.05, 3.63) is 33.8 Å². The molecule has 1 atom stereocenters. The van der Waals surface area contributed by atoms with Crippen molar-refractivity contribution in [3.63, 3.8) is 0 Å². The van der Waals surface area contributed by atoms with Crippen LogP contribution in [0.25, 0.3) is 0 Å². The maximum atomic E-state index is 12.0. The maximum absolute atomic E-state index is 12.0. The average Bonchev–Trinajstić information content (AvgIpc) is 2.74. The lowest BCUT2D eigenvalue weighted by Gasteiger charge is -2.19. The van der Waals surface area contributed by atoms with Crippen LogP contribution in [0.3, 0.4) is 0 Å². The molecule has 1 aliphatic heterocycles. The zero-order valence-corrected chi connectivity index (χ0v) is 14.5. The monoisotopic (exact) mass is 364 g/mol. The van der Waals surface area contributed by atoms with Crippen LogP contribution in [0.2, 0.25) is 10.0 Å². The van der Waals surface area contributed by atoms with Gasteiger partial charge in [-0.1, -0.05) is 35.3 Å². The molecule has 5 nitrogen and oxygen atoms in total. The van der Waals surface area contributed by atoms with Gasteiger partial charge in [0.2, 0.25) is 5.91 Å². The number of rotatable bonds is 5. The molecule has 22 heavy (non-hydrogen) atoms. The molecule has 2 rings (SSSR count). The van der Waals surface area contributed by atoms with E-state index in [2.05, 4.69) is 5.32 Å². The molecule has 1 aromatic carbocycles. The maximum Gasteiger partial charge on any atom is 0.234 e. The minimum Gasteiger partial charge on any atom is -0.351 e. The Labute approximate surface area is 140 Å². The highest BCUT2D eigenvalue weighted by Gasteiger charge is 2.28. The minimum absolute atomic E-state index is 0.0303. The quantitative estimate of drug-likeness (QED) is 0.863. The Balaban J connectivity index is 1.85. The van der Waals surface area contributed by atoms with Crippen LogP contribution in [0.1, 0.15) is 12.0 Å². The Hall–Kier alpha value is -0.820. The molecule has 0 bridgehead atoms. The van der Waals surface area contributed by atoms with Crippen LogP contribution in [0.4, 0.5) is 0 Å². The van der Waals surface area contributed by atoms with Gasteiger partial charge in [-0.05, 0) is 25.1 Å². The second-order valence-corrected chi connectivity index (χ2v) is 8.57. The molecular formula is C14H18Cl2N2O3S. The van der Waals surface area contributed by atoms with Crippen molar-refractivity contribution in [2.45, 2.75) is 19.0 Å². The first-order chi connectivity index (χ1) is 10.3. The first-order valence-electron chi connectivity index (χ1n) is 6.88. The van der Waals surface area contributed by atoms with Crippen LogP contribution < -0.4 is 5.32 Å². The van der Waals surface area contributed by atoms with Gasteiger partial charge in [-0.2, -0.15) is 0 Å². The minimum atomic E-state index is -2.99. The third-order valence-electron chi connectivity index (χ3n) is 3.48. The number of sulfone groups is 1. The summed E-state index contributed by atoms with van der Waals surface area (Å²) in [5, 5.41) is 3.72. The number of likely N-dealkylation sites (N-methyl/N-ethyl adjacent to an activating group) is 1. The third kappa shape index (κ3) is 4.84. The van der Waals surface area contributed by atoms with Crippen molar-refractivity contribution in [2.75, 3.05) is 25.1 Å². The average molecular weight is 365 g/mol. The summed E-state index contributed by atoms with van der Waals surface area (Å²) in [6.45, 7) is 0.648. The molecule has 0 spiro atoms. The summed E-state index contributed by atoms with van der Waals surface area (Å²) in [7, 11) is -1.20. The second kappa shape index (κ2) is 7.17. The first kappa shape index (κ1) is 17.5. The standard InChI is InChI=1S/C14H18Cl2N2O3S/c1-18(7-10-3-2-4-12(15)14(10)16)8-13(19)17-11-5-6-22(20,21)9-11/h2-4,11H,5-9H2,1H3,(H,17,19)/t11-/m1/s1. The van der Waals surface area contributed by atoms with E-state index in [0.717, 1.165) is 5.56 Å². The van der Waals surface area contributed by atoms with Crippen molar-refractivity contribution in [1.29, 1.82) is 0 Å². The van der Waals surface area contributed by atoms with Crippen molar-refractivity contribution >= 4 is 38.9 Å². The van der Waals surface area contributed by atoms with E-state index in [-0.39, 0.29) is 30.0 Å². The van der Waals surface area contributed by atoms with Gasteiger partial charge in [0.1, 0.15) is 0 Å².